The van der Waals surface area contributed by atoms with Crippen molar-refractivity contribution < 1.29 is 4.79 Å². The first-order valence-electron chi connectivity index (χ1n) is 6.92. The van der Waals surface area contributed by atoms with Crippen molar-refractivity contribution in [3.8, 4) is 0 Å². The molecule has 6 heteroatoms. The average molecular weight is 302 g/mol. The van der Waals surface area contributed by atoms with Crippen molar-refractivity contribution in [1.29, 1.82) is 0 Å². The van der Waals surface area contributed by atoms with Crippen LogP contribution in [0.2, 0.25) is 0 Å². The molecule has 21 heavy (non-hydrogen) atoms. The van der Waals surface area contributed by atoms with Crippen LogP contribution < -0.4 is 0 Å². The monoisotopic (exact) mass is 302 g/mol. The molecule has 1 aliphatic heterocycles. The van der Waals surface area contributed by atoms with Gasteiger partial charge in [0.1, 0.15) is 5.69 Å². The molecule has 0 spiro atoms. The van der Waals surface area contributed by atoms with Crippen LogP contribution in [0.5, 0.6) is 0 Å². The van der Waals surface area contributed by atoms with Crippen LogP contribution in [0, 0.1) is 0 Å². The number of rotatable bonds is 3. The van der Waals surface area contributed by atoms with Gasteiger partial charge in [-0.3, -0.25) is 9.78 Å². The van der Waals surface area contributed by atoms with Crippen molar-refractivity contribution in [3.63, 3.8) is 0 Å². The van der Waals surface area contributed by atoms with Crippen LogP contribution in [-0.2, 0) is 19.5 Å². The van der Waals surface area contributed by atoms with Gasteiger partial charge in [-0.1, -0.05) is 0 Å². The minimum atomic E-state index is 0.0138. The van der Waals surface area contributed by atoms with E-state index in [9.17, 15) is 4.79 Å². The van der Waals surface area contributed by atoms with Gasteiger partial charge in [-0.15, -0.1) is 11.3 Å². The number of thiazole rings is 1. The van der Waals surface area contributed by atoms with Crippen LogP contribution in [0.3, 0.4) is 0 Å². The summed E-state index contributed by atoms with van der Waals surface area (Å²) in [4.78, 5) is 24.8. The van der Waals surface area contributed by atoms with Gasteiger partial charge in [0.15, 0.2) is 0 Å². The van der Waals surface area contributed by atoms with E-state index in [-0.39, 0.29) is 5.91 Å². The van der Waals surface area contributed by atoms with Crippen LogP contribution >= 0.6 is 11.3 Å². The molecule has 0 aliphatic carbocycles. The average Bonchev–Trinajstić information content (AvgIpc) is 3.00. The Hall–Kier alpha value is -1.79. The molecule has 2 aromatic heterocycles. The Balaban J connectivity index is 1.81. The molecule has 0 aromatic carbocycles. The molecule has 0 radical (unpaired) electrons. The molecular formula is C15H18N4OS. The molecule has 0 unspecified atom stereocenters. The predicted octanol–water partition coefficient (Wildman–Crippen LogP) is 1.80. The van der Waals surface area contributed by atoms with E-state index >= 15 is 0 Å². The van der Waals surface area contributed by atoms with Crippen LogP contribution in [0.4, 0.5) is 0 Å². The van der Waals surface area contributed by atoms with Gasteiger partial charge in [0.25, 0.3) is 5.91 Å². The predicted molar refractivity (Wildman–Crippen MR) is 82.2 cm³/mol. The lowest BCUT2D eigenvalue weighted by Crippen LogP contribution is -2.36. The number of pyridine rings is 1. The zero-order chi connectivity index (χ0) is 14.8. The Bertz CT molecular complexity index is 639. The van der Waals surface area contributed by atoms with E-state index in [1.54, 1.807) is 10.9 Å². The van der Waals surface area contributed by atoms with Crippen molar-refractivity contribution in [2.45, 2.75) is 19.5 Å². The largest absolute Gasteiger partial charge is 0.333 e. The minimum absolute atomic E-state index is 0.0138. The van der Waals surface area contributed by atoms with Crippen molar-refractivity contribution >= 4 is 17.2 Å². The van der Waals surface area contributed by atoms with Gasteiger partial charge >= 0.3 is 0 Å². The molecule has 110 valence electrons. The zero-order valence-corrected chi connectivity index (χ0v) is 13.1. The molecule has 3 rings (SSSR count). The number of carbonyl (C=O) groups excluding carboxylic acids is 1. The highest BCUT2D eigenvalue weighted by Crippen LogP contribution is 2.23. The quantitative estimate of drug-likeness (QED) is 0.867. The van der Waals surface area contributed by atoms with Gasteiger partial charge < -0.3 is 9.80 Å². The third-order valence-electron chi connectivity index (χ3n) is 3.65. The van der Waals surface area contributed by atoms with E-state index in [1.807, 2.05) is 17.3 Å². The zero-order valence-electron chi connectivity index (χ0n) is 12.2. The minimum Gasteiger partial charge on any atom is -0.333 e. The number of amides is 1. The van der Waals surface area contributed by atoms with Crippen LogP contribution in [0.1, 0.15) is 27.2 Å². The highest BCUT2D eigenvalue weighted by molar-refractivity contribution is 7.07. The highest BCUT2D eigenvalue weighted by Gasteiger charge is 2.24. The Labute approximate surface area is 128 Å². The summed E-state index contributed by atoms with van der Waals surface area (Å²) in [5, 5.41) is 1.80. The number of hydrogen-bond acceptors (Lipinski definition) is 5. The van der Waals surface area contributed by atoms with E-state index in [0.29, 0.717) is 12.2 Å². The lowest BCUT2D eigenvalue weighted by molar-refractivity contribution is 0.0729. The van der Waals surface area contributed by atoms with E-state index in [2.05, 4.69) is 29.0 Å². The van der Waals surface area contributed by atoms with Crippen molar-refractivity contribution in [2.75, 3.05) is 20.6 Å². The van der Waals surface area contributed by atoms with Crippen LogP contribution in [0.15, 0.2) is 23.3 Å². The molecule has 0 atom stereocenters. The fraction of sp³-hybridized carbons (Fsp3) is 0.400. The molecule has 3 heterocycles. The van der Waals surface area contributed by atoms with Crippen molar-refractivity contribution in [1.82, 2.24) is 19.8 Å². The lowest BCUT2D eigenvalue weighted by Gasteiger charge is -2.29. The Morgan fingerprint density at radius 1 is 1.43 bits per heavy atom. The summed E-state index contributed by atoms with van der Waals surface area (Å²) in [5.41, 5.74) is 6.01. The summed E-state index contributed by atoms with van der Waals surface area (Å²) in [6, 6.07) is 0. The first-order chi connectivity index (χ1) is 10.1. The first kappa shape index (κ1) is 14.2. The molecule has 0 saturated carbocycles. The lowest BCUT2D eigenvalue weighted by atomic mass is 9.96. The summed E-state index contributed by atoms with van der Waals surface area (Å²) in [7, 11) is 4.11. The topological polar surface area (TPSA) is 49.3 Å². The summed E-state index contributed by atoms with van der Waals surface area (Å²) in [6.07, 6.45) is 4.71. The van der Waals surface area contributed by atoms with Gasteiger partial charge in [0.05, 0.1) is 5.51 Å². The number of carbonyl (C=O) groups is 1. The molecule has 0 fully saturated rings. The van der Waals surface area contributed by atoms with Crippen LogP contribution in [-0.4, -0.2) is 46.3 Å². The van der Waals surface area contributed by atoms with Crippen molar-refractivity contribution in [3.05, 3.63) is 45.7 Å². The maximum atomic E-state index is 12.4. The third kappa shape index (κ3) is 2.96. The molecule has 0 saturated heterocycles. The Kier molecular flexibility index (Phi) is 3.98. The molecular weight excluding hydrogens is 284 g/mol. The molecule has 5 nitrogen and oxygen atoms in total. The first-order valence-corrected chi connectivity index (χ1v) is 7.86. The molecule has 1 aliphatic rings. The van der Waals surface area contributed by atoms with Gasteiger partial charge in [0, 0.05) is 37.4 Å². The summed E-state index contributed by atoms with van der Waals surface area (Å²) >= 11 is 1.45. The second-order valence-corrected chi connectivity index (χ2v) is 6.24. The van der Waals surface area contributed by atoms with E-state index in [1.165, 1.54) is 22.5 Å². The number of hydrogen-bond donors (Lipinski definition) is 0. The number of nitrogens with zero attached hydrogens (tertiary/aromatic N) is 4. The smallest absolute Gasteiger partial charge is 0.273 e. The SMILES string of the molecule is CN(C)Cc1cncc2c1CCN(C(=O)c1cscn1)C2. The normalized spacial score (nSPS) is 14.3. The highest BCUT2D eigenvalue weighted by atomic mass is 32.1. The number of fused-ring (bicyclic) bond motifs is 1. The second-order valence-electron chi connectivity index (χ2n) is 5.52. The Morgan fingerprint density at radius 2 is 2.29 bits per heavy atom. The van der Waals surface area contributed by atoms with Gasteiger partial charge in [-0.25, -0.2) is 4.98 Å². The van der Waals surface area contributed by atoms with Gasteiger partial charge in [0.2, 0.25) is 0 Å². The molecule has 2 aromatic rings. The standard InChI is InChI=1S/C15H18N4OS/c1-18(2)7-11-5-16-6-12-8-19(4-3-13(11)12)15(20)14-9-21-10-17-14/h5-6,9-10H,3-4,7-8H2,1-2H3. The third-order valence-corrected chi connectivity index (χ3v) is 4.24. The molecule has 0 N–H and O–H groups in total. The summed E-state index contributed by atoms with van der Waals surface area (Å²) in [6.45, 7) is 2.25. The molecule has 1 amide bonds. The van der Waals surface area contributed by atoms with E-state index < -0.39 is 0 Å². The fourth-order valence-corrected chi connectivity index (χ4v) is 3.22. The summed E-state index contributed by atoms with van der Waals surface area (Å²) < 4.78 is 0. The second kappa shape index (κ2) is 5.91. The van der Waals surface area contributed by atoms with E-state index in [4.69, 9.17) is 0 Å². The Morgan fingerprint density at radius 3 is 3.00 bits per heavy atom. The maximum absolute atomic E-state index is 12.4. The van der Waals surface area contributed by atoms with Gasteiger partial charge in [-0.2, -0.15) is 0 Å². The molecule has 0 bridgehead atoms. The summed E-state index contributed by atoms with van der Waals surface area (Å²) in [5.74, 6) is 0.0138. The maximum Gasteiger partial charge on any atom is 0.273 e. The number of aromatic nitrogens is 2. The van der Waals surface area contributed by atoms with Crippen molar-refractivity contribution in [2.24, 2.45) is 0 Å². The van der Waals surface area contributed by atoms with Crippen LogP contribution in [0.25, 0.3) is 0 Å². The fourth-order valence-electron chi connectivity index (χ4n) is 2.70. The van der Waals surface area contributed by atoms with E-state index in [0.717, 1.165) is 25.1 Å². The van der Waals surface area contributed by atoms with Gasteiger partial charge in [-0.05, 0) is 37.2 Å².